The molecule has 26 nitrogen and oxygen atoms in total. The Morgan fingerprint density at radius 3 is 0.858 bits per heavy atom. The van der Waals surface area contributed by atoms with E-state index in [4.69, 9.17) is 100 Å². The molecule has 2 aliphatic carbocycles. The molecule has 716 valence electrons. The fourth-order valence-corrected chi connectivity index (χ4v) is 14.8. The van der Waals surface area contributed by atoms with Crippen molar-refractivity contribution in [3.05, 3.63) is 294 Å². The minimum absolute atomic E-state index is 0.0583. The molecule has 32 heteroatoms. The van der Waals surface area contributed by atoms with Crippen molar-refractivity contribution < 1.29 is 124 Å². The Bertz CT molecular complexity index is 5470. The molecule has 0 amide bonds. The fourth-order valence-electron chi connectivity index (χ4n) is 14.8. The quantitative estimate of drug-likeness (QED) is 0.00500. The molecule has 141 heavy (non-hydrogen) atoms. The van der Waals surface area contributed by atoms with Gasteiger partial charge in [-0.1, -0.05) is 75.5 Å². The maximum atomic E-state index is 13.0. The number of carbonyl (C=O) groups is 5. The van der Waals surface area contributed by atoms with Gasteiger partial charge in [0, 0.05) is 50.0 Å². The summed E-state index contributed by atoms with van der Waals surface area (Å²) in [5.74, 6) is 5.25. The SMILES string of the molecule is C=CC(=O)OCCCCCCOc1ccc(COOc2ccc3c(c2)C(C)c2cc(OC(=O)c4ccc(OCCCCCCOC(=O)C=C)cc4)ccc2-3)cc1.CC1c2cc(OOCc3ccc(OCCCCOCC4CO4)cc3)ccc2-c2ccc(OC(=O)c3ccc(OCCCCOCC4CO4)cc3)cc21.O=C(Oc1ccc(OCCC2CO2)cc1)c1ccc(OCCC2CO2)cc1.[K][K].[K][K].[K][K]. The van der Waals surface area contributed by atoms with E-state index in [1.807, 2.05) is 121 Å². The van der Waals surface area contributed by atoms with Crippen molar-refractivity contribution in [2.45, 2.75) is 153 Å². The molecule has 0 saturated carbocycles. The second-order valence-electron chi connectivity index (χ2n) is 33.3. The summed E-state index contributed by atoms with van der Waals surface area (Å²) in [6, 6.07) is 66.9. The summed E-state index contributed by atoms with van der Waals surface area (Å²) in [4.78, 5) is 82.9. The number of ether oxygens (including phenoxy) is 17. The van der Waals surface area contributed by atoms with Crippen LogP contribution < -0.4 is 52.4 Å². The molecule has 4 fully saturated rings. The molecule has 4 aliphatic heterocycles. The monoisotopic (exact) mass is 2080 g/mol. The summed E-state index contributed by atoms with van der Waals surface area (Å²) in [5.41, 5.74) is 12.1. The van der Waals surface area contributed by atoms with Crippen molar-refractivity contribution in [2.75, 3.05) is 106 Å². The van der Waals surface area contributed by atoms with Gasteiger partial charge in [0.1, 0.15) is 77.2 Å². The molecular weight excluding hydrogens is 1960 g/mol. The zero-order valence-corrected chi connectivity index (χ0v) is 101. The van der Waals surface area contributed by atoms with Crippen LogP contribution in [0, 0.1) is 0 Å². The van der Waals surface area contributed by atoms with E-state index in [-0.39, 0.29) is 24.4 Å². The molecule has 16 rings (SSSR count). The molecular formula is C109H118K6O26. The van der Waals surface area contributed by atoms with Gasteiger partial charge in [-0.2, -0.15) is 9.78 Å². The molecule has 6 unspecified atom stereocenters. The normalized spacial score (nSPS) is 15.6. The van der Waals surface area contributed by atoms with Crippen molar-refractivity contribution in [1.29, 1.82) is 0 Å². The predicted octanol–water partition coefficient (Wildman–Crippen LogP) is 18.5. The van der Waals surface area contributed by atoms with Gasteiger partial charge in [-0.05, 0) is 303 Å². The number of esters is 5. The van der Waals surface area contributed by atoms with Crippen LogP contribution in [0.5, 0.6) is 63.2 Å². The van der Waals surface area contributed by atoms with Crippen molar-refractivity contribution in [2.24, 2.45) is 0 Å². The topological polar surface area (TPSA) is 292 Å². The molecule has 10 aromatic carbocycles. The van der Waals surface area contributed by atoms with Gasteiger partial charge in [0.2, 0.25) is 0 Å². The molecule has 0 radical (unpaired) electrons. The fraction of sp³-hybridized carbons (Fsp3) is 0.367. The summed E-state index contributed by atoms with van der Waals surface area (Å²) in [5, 5.41) is 0. The van der Waals surface area contributed by atoms with Gasteiger partial charge in [-0.25, -0.2) is 24.0 Å². The minimum atomic E-state index is -0.444. The van der Waals surface area contributed by atoms with Crippen LogP contribution in [0.2, 0.25) is 0 Å². The zero-order chi connectivity index (χ0) is 99.6. The Labute approximate surface area is 962 Å². The van der Waals surface area contributed by atoms with E-state index < -0.39 is 23.9 Å². The van der Waals surface area contributed by atoms with Crippen molar-refractivity contribution in [1.82, 2.24) is 0 Å². The molecule has 4 heterocycles. The van der Waals surface area contributed by atoms with Gasteiger partial charge in [-0.3, -0.25) is 0 Å². The second-order valence-corrected chi connectivity index (χ2v) is 33.3. The summed E-state index contributed by atoms with van der Waals surface area (Å²) in [6.45, 7) is 22.1. The number of rotatable bonds is 56. The van der Waals surface area contributed by atoms with Gasteiger partial charge in [0.25, 0.3) is 0 Å². The average Bonchev–Trinajstić information content (AvgIpc) is 1.61. The average molecular weight is 2080 g/mol. The number of carbonyl (C=O) groups excluding carboxylic acids is 5. The van der Waals surface area contributed by atoms with Crippen LogP contribution in [0.3, 0.4) is 0 Å². The second kappa shape index (κ2) is 68.0. The first-order valence-electron chi connectivity index (χ1n) is 49.6. The first kappa shape index (κ1) is 118. The van der Waals surface area contributed by atoms with E-state index in [1.54, 1.807) is 97.1 Å². The first-order valence-corrected chi connectivity index (χ1v) is 97.6. The molecule has 0 N–H and O–H groups in total. The summed E-state index contributed by atoms with van der Waals surface area (Å²) in [7, 11) is 0. The molecule has 4 saturated heterocycles. The third kappa shape index (κ3) is 43.7. The van der Waals surface area contributed by atoms with Gasteiger partial charge < -0.3 is 90.3 Å². The van der Waals surface area contributed by atoms with E-state index in [1.165, 1.54) is 202 Å². The maximum absolute atomic E-state index is 13.0. The summed E-state index contributed by atoms with van der Waals surface area (Å²) in [6.07, 6.45) is 16.4. The van der Waals surface area contributed by atoms with Crippen molar-refractivity contribution in [3.63, 3.8) is 0 Å². The Morgan fingerprint density at radius 1 is 0.298 bits per heavy atom. The number of unbranched alkanes of at least 4 members (excludes halogenated alkanes) is 8. The third-order valence-corrected chi connectivity index (χ3v) is 22.8. The predicted molar refractivity (Wildman–Crippen MR) is 538 cm³/mol. The molecule has 0 aromatic heterocycles. The summed E-state index contributed by atoms with van der Waals surface area (Å²) >= 11 is 7.50. The Hall–Kier alpha value is -3.07. The van der Waals surface area contributed by atoms with Crippen LogP contribution in [0.25, 0.3) is 22.3 Å². The molecule has 0 bridgehead atoms. The van der Waals surface area contributed by atoms with Crippen LogP contribution in [-0.2, 0) is 70.5 Å². The third-order valence-electron chi connectivity index (χ3n) is 22.8. The number of hydrogen-bond acceptors (Lipinski definition) is 26. The Kier molecular flexibility index (Phi) is 57.0. The van der Waals surface area contributed by atoms with E-state index in [0.717, 1.165) is 202 Å². The van der Waals surface area contributed by atoms with Crippen molar-refractivity contribution >= 4 is 219 Å². The molecule has 6 aliphatic rings. The van der Waals surface area contributed by atoms with Crippen LogP contribution in [-0.4, -0.2) is 349 Å². The first-order chi connectivity index (χ1) is 69.2. The molecule has 10 aromatic rings. The van der Waals surface area contributed by atoms with E-state index in [2.05, 4.69) is 27.0 Å². The van der Waals surface area contributed by atoms with Crippen LogP contribution in [0.1, 0.15) is 180 Å². The molecule has 6 atom stereocenters. The van der Waals surface area contributed by atoms with Gasteiger partial charge in [0.05, 0.1) is 121 Å². The van der Waals surface area contributed by atoms with E-state index in [9.17, 15) is 24.0 Å². The Morgan fingerprint density at radius 2 is 0.546 bits per heavy atom. The van der Waals surface area contributed by atoms with E-state index >= 15 is 0 Å². The van der Waals surface area contributed by atoms with Crippen LogP contribution in [0.15, 0.2) is 244 Å². The molecule has 0 spiro atoms. The van der Waals surface area contributed by atoms with Crippen LogP contribution >= 0.6 is 0 Å². The van der Waals surface area contributed by atoms with Crippen LogP contribution in [0.4, 0.5) is 0 Å². The van der Waals surface area contributed by atoms with Gasteiger partial charge in [0.15, 0.2) is 11.5 Å². The van der Waals surface area contributed by atoms with Gasteiger partial charge >= 0.3 is 219 Å². The number of fused-ring (bicyclic) bond motifs is 6. The van der Waals surface area contributed by atoms with Gasteiger partial charge in [-0.15, -0.1) is 0 Å². The summed E-state index contributed by atoms with van der Waals surface area (Å²) < 4.78 is 93.1. The van der Waals surface area contributed by atoms with Crippen molar-refractivity contribution in [3.8, 4) is 85.5 Å². The number of hydrogen-bond donors (Lipinski definition) is 0. The number of benzene rings is 10. The van der Waals surface area contributed by atoms with E-state index in [0.29, 0.717) is 161 Å². The number of epoxide rings is 4. The Balaban J connectivity index is 0.000000207. The standard InChI is InChI=1S/C46H50O10.C42H46O10.C21H22O6.6K/c1-4-44(47)52-28-12-8-6-10-26-50-36-18-14-34(15-19-36)32-54-56-39-23-25-41-40-24-22-38(30-42(40)33(3)43(41)31-39)55-46(49)35-16-20-37(21-17-35)51-27-11-7-9-13-29-53-45(48)5-2;1-29-40-22-34(51-42(43)31-8-12-33(13-9-31)47-21-5-3-19-45-26-37-28-49-37)14-16-38(40)39-17-15-35(23-41(29)39)52-50-24-30-6-10-32(11-7-30)46-20-4-2-18-44-25-36-27-48-36;22-21(15-1-3-16(4-2-15)23-11-9-19-13-25-19)27-18-7-5-17(6-8-18)24-12-10-20-14-26-20;;;;;;/h4-5,14-25,30-31,33H,1-2,6-13,26-29,32H2,3H3;6-17,22-23,29,36-37H,2-5,18-21,24-28H2,1H3;1-8,19-20H,9-14H2;;;;;;. The zero-order valence-electron chi connectivity index (χ0n) is 82.6.